The molecular weight excluding hydrogens is 190 g/mol. The van der Waals surface area contributed by atoms with Crippen LogP contribution < -0.4 is 0 Å². The average Bonchev–Trinajstić information content (AvgIpc) is 2.15. The minimum absolute atomic E-state index is 0.443. The molecule has 1 aromatic rings. The molecule has 1 atom stereocenters. The number of rotatable bonds is 4. The van der Waals surface area contributed by atoms with E-state index in [1.807, 2.05) is 50.2 Å². The van der Waals surface area contributed by atoms with Crippen molar-refractivity contribution in [3.05, 3.63) is 35.4 Å². The summed E-state index contributed by atoms with van der Waals surface area (Å²) in [7, 11) is 3.77. The molecule has 0 aliphatic heterocycles. The van der Waals surface area contributed by atoms with Crippen LogP contribution in [0.15, 0.2) is 24.3 Å². The SMILES string of the molecule is Cc1ccccc1C(CN(C)C)C(=O)O. The Morgan fingerprint density at radius 2 is 2.00 bits per heavy atom. The minimum Gasteiger partial charge on any atom is -0.481 e. The van der Waals surface area contributed by atoms with E-state index in [9.17, 15) is 9.90 Å². The van der Waals surface area contributed by atoms with Gasteiger partial charge in [-0.15, -0.1) is 0 Å². The molecule has 0 radical (unpaired) electrons. The highest BCUT2D eigenvalue weighted by atomic mass is 16.4. The molecule has 82 valence electrons. The van der Waals surface area contributed by atoms with E-state index >= 15 is 0 Å². The first-order valence-electron chi connectivity index (χ1n) is 4.95. The second-order valence-corrected chi connectivity index (χ2v) is 4.01. The molecule has 0 aromatic heterocycles. The molecule has 3 nitrogen and oxygen atoms in total. The Hall–Kier alpha value is -1.35. The molecule has 1 aromatic carbocycles. The molecule has 1 rings (SSSR count). The number of carboxylic acid groups (broad SMARTS) is 1. The predicted molar refractivity (Wildman–Crippen MR) is 60.1 cm³/mol. The monoisotopic (exact) mass is 207 g/mol. The van der Waals surface area contributed by atoms with Crippen LogP contribution in [0.4, 0.5) is 0 Å². The molecule has 15 heavy (non-hydrogen) atoms. The van der Waals surface area contributed by atoms with Gasteiger partial charge >= 0.3 is 5.97 Å². The van der Waals surface area contributed by atoms with E-state index in [0.717, 1.165) is 11.1 Å². The number of hydrogen-bond donors (Lipinski definition) is 1. The Morgan fingerprint density at radius 1 is 1.40 bits per heavy atom. The van der Waals surface area contributed by atoms with Crippen molar-refractivity contribution in [1.82, 2.24) is 4.90 Å². The van der Waals surface area contributed by atoms with Crippen molar-refractivity contribution < 1.29 is 9.90 Å². The van der Waals surface area contributed by atoms with Crippen LogP contribution >= 0.6 is 0 Å². The predicted octanol–water partition coefficient (Wildman–Crippen LogP) is 1.72. The van der Waals surface area contributed by atoms with Gasteiger partial charge in [0.1, 0.15) is 0 Å². The summed E-state index contributed by atoms with van der Waals surface area (Å²) in [5, 5.41) is 9.17. The van der Waals surface area contributed by atoms with E-state index in [1.54, 1.807) is 0 Å². The standard InChI is InChI=1S/C12H17NO2/c1-9-6-4-5-7-10(9)11(12(14)15)8-13(2)3/h4-7,11H,8H2,1-3H3,(H,14,15). The number of carboxylic acids is 1. The van der Waals surface area contributed by atoms with E-state index in [2.05, 4.69) is 0 Å². The van der Waals surface area contributed by atoms with Gasteiger partial charge in [-0.3, -0.25) is 4.79 Å². The molecule has 1 unspecified atom stereocenters. The van der Waals surface area contributed by atoms with Crippen molar-refractivity contribution >= 4 is 5.97 Å². The molecule has 0 spiro atoms. The van der Waals surface area contributed by atoms with Crippen LogP contribution in [-0.2, 0) is 4.79 Å². The van der Waals surface area contributed by atoms with E-state index in [0.29, 0.717) is 6.54 Å². The summed E-state index contributed by atoms with van der Waals surface area (Å²) in [5.41, 5.74) is 1.94. The van der Waals surface area contributed by atoms with Crippen molar-refractivity contribution in [3.8, 4) is 0 Å². The van der Waals surface area contributed by atoms with Crippen LogP contribution in [-0.4, -0.2) is 36.6 Å². The number of aliphatic carboxylic acids is 1. The highest BCUT2D eigenvalue weighted by Crippen LogP contribution is 2.20. The Bertz CT molecular complexity index is 347. The van der Waals surface area contributed by atoms with Crippen LogP contribution in [0.3, 0.4) is 0 Å². The van der Waals surface area contributed by atoms with E-state index < -0.39 is 11.9 Å². The lowest BCUT2D eigenvalue weighted by atomic mass is 9.94. The second kappa shape index (κ2) is 4.94. The summed E-state index contributed by atoms with van der Waals surface area (Å²) in [5.74, 6) is -1.21. The van der Waals surface area contributed by atoms with Gasteiger partial charge in [0.2, 0.25) is 0 Å². The van der Waals surface area contributed by atoms with Crippen molar-refractivity contribution in [1.29, 1.82) is 0 Å². The van der Waals surface area contributed by atoms with Crippen molar-refractivity contribution in [2.24, 2.45) is 0 Å². The molecular formula is C12H17NO2. The topological polar surface area (TPSA) is 40.5 Å². The second-order valence-electron chi connectivity index (χ2n) is 4.01. The lowest BCUT2D eigenvalue weighted by Gasteiger charge is -2.19. The van der Waals surface area contributed by atoms with Gasteiger partial charge < -0.3 is 10.0 Å². The number of carbonyl (C=O) groups is 1. The van der Waals surface area contributed by atoms with Crippen molar-refractivity contribution in [2.45, 2.75) is 12.8 Å². The fourth-order valence-electron chi connectivity index (χ4n) is 1.65. The van der Waals surface area contributed by atoms with Gasteiger partial charge in [0.05, 0.1) is 5.92 Å². The van der Waals surface area contributed by atoms with Gasteiger partial charge in [-0.05, 0) is 32.1 Å². The van der Waals surface area contributed by atoms with Crippen LogP contribution in [0.2, 0.25) is 0 Å². The number of nitrogens with zero attached hydrogens (tertiary/aromatic N) is 1. The molecule has 0 fully saturated rings. The van der Waals surface area contributed by atoms with Crippen LogP contribution in [0.5, 0.6) is 0 Å². The Kier molecular flexibility index (Phi) is 3.86. The summed E-state index contributed by atoms with van der Waals surface area (Å²) >= 11 is 0. The quantitative estimate of drug-likeness (QED) is 0.817. The third-order valence-electron chi connectivity index (χ3n) is 2.41. The maximum absolute atomic E-state index is 11.2. The maximum atomic E-state index is 11.2. The van der Waals surface area contributed by atoms with E-state index in [4.69, 9.17) is 0 Å². The summed E-state index contributed by atoms with van der Waals surface area (Å²) in [4.78, 5) is 13.1. The van der Waals surface area contributed by atoms with Crippen LogP contribution in [0.1, 0.15) is 17.0 Å². The van der Waals surface area contributed by atoms with Gasteiger partial charge in [-0.25, -0.2) is 0 Å². The number of benzene rings is 1. The van der Waals surface area contributed by atoms with Crippen LogP contribution in [0, 0.1) is 6.92 Å². The first-order chi connectivity index (χ1) is 7.02. The normalized spacial score (nSPS) is 12.8. The van der Waals surface area contributed by atoms with Gasteiger partial charge in [-0.2, -0.15) is 0 Å². The van der Waals surface area contributed by atoms with Gasteiger partial charge in [0.15, 0.2) is 0 Å². The molecule has 0 saturated carbocycles. The largest absolute Gasteiger partial charge is 0.481 e. The summed E-state index contributed by atoms with van der Waals surface area (Å²) in [6.45, 7) is 2.47. The van der Waals surface area contributed by atoms with Gasteiger partial charge in [0.25, 0.3) is 0 Å². The number of likely N-dealkylation sites (N-methyl/N-ethyl adjacent to an activating group) is 1. The fourth-order valence-corrected chi connectivity index (χ4v) is 1.65. The molecule has 0 bridgehead atoms. The maximum Gasteiger partial charge on any atom is 0.312 e. The van der Waals surface area contributed by atoms with E-state index in [1.165, 1.54) is 0 Å². The van der Waals surface area contributed by atoms with E-state index in [-0.39, 0.29) is 0 Å². The number of hydrogen-bond acceptors (Lipinski definition) is 2. The van der Waals surface area contributed by atoms with Crippen molar-refractivity contribution in [2.75, 3.05) is 20.6 Å². The lowest BCUT2D eigenvalue weighted by Crippen LogP contribution is -2.26. The summed E-state index contributed by atoms with van der Waals surface area (Å²) < 4.78 is 0. The average molecular weight is 207 g/mol. The third-order valence-corrected chi connectivity index (χ3v) is 2.41. The Morgan fingerprint density at radius 3 is 2.47 bits per heavy atom. The zero-order valence-corrected chi connectivity index (χ0v) is 9.40. The molecule has 1 N–H and O–H groups in total. The van der Waals surface area contributed by atoms with Gasteiger partial charge in [-0.1, -0.05) is 24.3 Å². The Balaban J connectivity index is 2.99. The first-order valence-corrected chi connectivity index (χ1v) is 4.95. The molecule has 0 amide bonds. The van der Waals surface area contributed by atoms with Gasteiger partial charge in [0, 0.05) is 6.54 Å². The third kappa shape index (κ3) is 3.06. The highest BCUT2D eigenvalue weighted by Gasteiger charge is 2.21. The molecule has 0 aliphatic rings. The fraction of sp³-hybridized carbons (Fsp3) is 0.417. The molecule has 0 aliphatic carbocycles. The summed E-state index contributed by atoms with van der Waals surface area (Å²) in [6.07, 6.45) is 0. The smallest absolute Gasteiger partial charge is 0.312 e. The zero-order valence-electron chi connectivity index (χ0n) is 9.40. The number of aryl methyl sites for hydroxylation is 1. The zero-order chi connectivity index (χ0) is 11.4. The minimum atomic E-state index is -0.766. The van der Waals surface area contributed by atoms with Crippen molar-refractivity contribution in [3.63, 3.8) is 0 Å². The molecule has 0 saturated heterocycles. The summed E-state index contributed by atoms with van der Waals surface area (Å²) in [6, 6.07) is 7.64. The molecule has 0 heterocycles. The Labute approximate surface area is 90.3 Å². The van der Waals surface area contributed by atoms with Crippen LogP contribution in [0.25, 0.3) is 0 Å². The highest BCUT2D eigenvalue weighted by molar-refractivity contribution is 5.77. The molecule has 3 heteroatoms. The lowest BCUT2D eigenvalue weighted by molar-refractivity contribution is -0.139. The first kappa shape index (κ1) is 11.7.